The van der Waals surface area contributed by atoms with Gasteiger partial charge >= 0.3 is 0 Å². The first-order chi connectivity index (χ1) is 12.8. The van der Waals surface area contributed by atoms with Gasteiger partial charge in [-0.05, 0) is 55.5 Å². The van der Waals surface area contributed by atoms with Gasteiger partial charge in [-0.3, -0.25) is 4.98 Å². The number of hydrogen-bond donors (Lipinski definition) is 0. The van der Waals surface area contributed by atoms with E-state index in [2.05, 4.69) is 29.0 Å². The predicted molar refractivity (Wildman–Crippen MR) is 101 cm³/mol. The fourth-order valence-corrected chi connectivity index (χ4v) is 3.47. The summed E-state index contributed by atoms with van der Waals surface area (Å²) in [7, 11) is 3.57. The summed E-state index contributed by atoms with van der Waals surface area (Å²) in [6.07, 6.45) is 7.72. The molecule has 0 amide bonds. The Morgan fingerprint density at radius 3 is 2.69 bits per heavy atom. The maximum atomic E-state index is 5.95. The van der Waals surface area contributed by atoms with E-state index in [0.29, 0.717) is 12.7 Å². The predicted octanol–water partition coefficient (Wildman–Crippen LogP) is 3.94. The highest BCUT2D eigenvalue weighted by Crippen LogP contribution is 2.41. The first kappa shape index (κ1) is 18.4. The summed E-state index contributed by atoms with van der Waals surface area (Å²) in [5.74, 6) is 6.89. The Hall–Kier alpha value is -2.35. The maximum Gasteiger partial charge on any atom is 0.149 e. The average Bonchev–Trinajstić information content (AvgIpc) is 2.72. The van der Waals surface area contributed by atoms with Crippen molar-refractivity contribution in [2.45, 2.75) is 37.4 Å². The number of ether oxygens (including phenoxy) is 3. The summed E-state index contributed by atoms with van der Waals surface area (Å²) >= 11 is 0. The zero-order chi connectivity index (χ0) is 18.2. The molecule has 0 N–H and O–H groups in total. The minimum Gasteiger partial charge on any atom is -0.481 e. The Morgan fingerprint density at radius 1 is 1.15 bits per heavy atom. The second kappa shape index (κ2) is 8.84. The van der Waals surface area contributed by atoms with Crippen molar-refractivity contribution in [1.29, 1.82) is 0 Å². The molecule has 1 aromatic carbocycles. The molecule has 1 fully saturated rings. The lowest BCUT2D eigenvalue weighted by atomic mass is 9.78. The first-order valence-corrected chi connectivity index (χ1v) is 8.96. The van der Waals surface area contributed by atoms with Crippen LogP contribution in [0.1, 0.15) is 36.8 Å². The van der Waals surface area contributed by atoms with Crippen LogP contribution in [0, 0.1) is 11.8 Å². The van der Waals surface area contributed by atoms with Crippen LogP contribution in [0.3, 0.4) is 0 Å². The highest BCUT2D eigenvalue weighted by Gasteiger charge is 2.37. The molecular weight excluding hydrogens is 326 g/mol. The lowest BCUT2D eigenvalue weighted by Crippen LogP contribution is -2.35. The number of methoxy groups -OCH3 is 2. The molecule has 0 radical (unpaired) electrons. The molecule has 4 nitrogen and oxygen atoms in total. The van der Waals surface area contributed by atoms with Gasteiger partial charge in [0.2, 0.25) is 0 Å². The van der Waals surface area contributed by atoms with E-state index < -0.39 is 0 Å². The van der Waals surface area contributed by atoms with Gasteiger partial charge in [0.15, 0.2) is 0 Å². The van der Waals surface area contributed by atoms with Crippen LogP contribution in [0.5, 0.6) is 5.75 Å². The van der Waals surface area contributed by atoms with Gasteiger partial charge in [-0.2, -0.15) is 0 Å². The molecule has 1 aliphatic carbocycles. The Morgan fingerprint density at radius 2 is 2.00 bits per heavy atom. The number of aromatic nitrogens is 1. The number of benzene rings is 1. The minimum atomic E-state index is -0.254. The summed E-state index contributed by atoms with van der Waals surface area (Å²) in [4.78, 5) is 4.05. The summed E-state index contributed by atoms with van der Waals surface area (Å²) in [5, 5.41) is 0. The van der Waals surface area contributed by atoms with E-state index in [1.54, 1.807) is 26.6 Å². The standard InChI is InChI=1S/C22H25NO3/c1-24-20-10-12-22(25-2,13-11-20)19-8-3-9-21(16-19)26-15-5-7-18-6-4-14-23-17-18/h3-4,6,8-9,14,16-17,20H,10-13,15H2,1-2H3/t20-,22-. The summed E-state index contributed by atoms with van der Waals surface area (Å²) in [6.45, 7) is 0.337. The van der Waals surface area contributed by atoms with Crippen LogP contribution >= 0.6 is 0 Å². The molecule has 0 spiro atoms. The highest BCUT2D eigenvalue weighted by atomic mass is 16.5. The number of hydrogen-bond acceptors (Lipinski definition) is 4. The zero-order valence-corrected chi connectivity index (χ0v) is 15.4. The fourth-order valence-electron chi connectivity index (χ4n) is 3.47. The van der Waals surface area contributed by atoms with E-state index >= 15 is 0 Å². The monoisotopic (exact) mass is 351 g/mol. The minimum absolute atomic E-state index is 0.254. The van der Waals surface area contributed by atoms with Crippen LogP contribution in [0.15, 0.2) is 48.8 Å². The largest absolute Gasteiger partial charge is 0.481 e. The SMILES string of the molecule is CO[C@H]1CC[C@@](OC)(c2cccc(OCC#Cc3cccnc3)c2)CC1. The third-order valence-corrected chi connectivity index (χ3v) is 5.03. The molecule has 1 saturated carbocycles. The lowest BCUT2D eigenvalue weighted by molar-refractivity contribution is -0.0762. The molecule has 3 rings (SSSR count). The van der Waals surface area contributed by atoms with Gasteiger partial charge in [0.05, 0.1) is 11.7 Å². The molecule has 0 unspecified atom stereocenters. The van der Waals surface area contributed by atoms with Gasteiger partial charge in [0.25, 0.3) is 0 Å². The Balaban J connectivity index is 1.65. The van der Waals surface area contributed by atoms with Gasteiger partial charge in [0, 0.05) is 32.2 Å². The van der Waals surface area contributed by atoms with E-state index in [9.17, 15) is 0 Å². The molecule has 26 heavy (non-hydrogen) atoms. The molecule has 4 heteroatoms. The topological polar surface area (TPSA) is 40.6 Å². The molecule has 1 aliphatic rings. The van der Waals surface area contributed by atoms with Crippen molar-refractivity contribution in [2.24, 2.45) is 0 Å². The van der Waals surface area contributed by atoms with E-state index in [1.165, 1.54) is 0 Å². The van der Waals surface area contributed by atoms with Crippen LogP contribution in [-0.2, 0) is 15.1 Å². The van der Waals surface area contributed by atoms with Crippen molar-refractivity contribution in [2.75, 3.05) is 20.8 Å². The van der Waals surface area contributed by atoms with Gasteiger partial charge in [-0.15, -0.1) is 0 Å². The smallest absolute Gasteiger partial charge is 0.149 e. The number of rotatable bonds is 5. The van der Waals surface area contributed by atoms with Crippen LogP contribution < -0.4 is 4.74 Å². The van der Waals surface area contributed by atoms with Crippen molar-refractivity contribution >= 4 is 0 Å². The van der Waals surface area contributed by atoms with E-state index in [4.69, 9.17) is 14.2 Å². The normalized spacial score (nSPS) is 22.3. The van der Waals surface area contributed by atoms with Crippen molar-refractivity contribution in [3.8, 4) is 17.6 Å². The molecule has 136 valence electrons. The molecule has 0 atom stereocenters. The van der Waals surface area contributed by atoms with Crippen LogP contribution in [0.4, 0.5) is 0 Å². The van der Waals surface area contributed by atoms with E-state index in [0.717, 1.165) is 42.6 Å². The van der Waals surface area contributed by atoms with Crippen molar-refractivity contribution in [3.63, 3.8) is 0 Å². The Bertz CT molecular complexity index is 756. The highest BCUT2D eigenvalue weighted by molar-refractivity contribution is 5.34. The lowest BCUT2D eigenvalue weighted by Gasteiger charge is -2.39. The maximum absolute atomic E-state index is 5.95. The molecule has 0 aliphatic heterocycles. The second-order valence-corrected chi connectivity index (χ2v) is 6.49. The summed E-state index contributed by atoms with van der Waals surface area (Å²) < 4.78 is 17.3. The van der Waals surface area contributed by atoms with Gasteiger partial charge in [-0.25, -0.2) is 0 Å². The third-order valence-electron chi connectivity index (χ3n) is 5.03. The Kier molecular flexibility index (Phi) is 6.27. The molecule has 0 bridgehead atoms. The zero-order valence-electron chi connectivity index (χ0n) is 15.4. The van der Waals surface area contributed by atoms with Crippen LogP contribution in [0.25, 0.3) is 0 Å². The van der Waals surface area contributed by atoms with Gasteiger partial charge in [0.1, 0.15) is 12.4 Å². The second-order valence-electron chi connectivity index (χ2n) is 6.49. The summed E-state index contributed by atoms with van der Waals surface area (Å²) in [6, 6.07) is 12.0. The molecule has 0 saturated heterocycles. The summed E-state index contributed by atoms with van der Waals surface area (Å²) in [5.41, 5.74) is 1.79. The molecule has 1 heterocycles. The van der Waals surface area contributed by atoms with Crippen molar-refractivity contribution < 1.29 is 14.2 Å². The van der Waals surface area contributed by atoms with Gasteiger partial charge < -0.3 is 14.2 Å². The number of pyridine rings is 1. The van der Waals surface area contributed by atoms with E-state index in [1.807, 2.05) is 24.3 Å². The van der Waals surface area contributed by atoms with E-state index in [-0.39, 0.29) is 5.60 Å². The van der Waals surface area contributed by atoms with Crippen molar-refractivity contribution in [1.82, 2.24) is 4.98 Å². The van der Waals surface area contributed by atoms with Crippen LogP contribution in [0.2, 0.25) is 0 Å². The van der Waals surface area contributed by atoms with Gasteiger partial charge in [-0.1, -0.05) is 24.0 Å². The van der Waals surface area contributed by atoms with Crippen LogP contribution in [-0.4, -0.2) is 31.9 Å². The average molecular weight is 351 g/mol. The fraction of sp³-hybridized carbons (Fsp3) is 0.409. The molecule has 2 aromatic rings. The first-order valence-electron chi connectivity index (χ1n) is 8.96. The number of nitrogens with zero attached hydrogens (tertiary/aromatic N) is 1. The molecular formula is C22H25NO3. The quantitative estimate of drug-likeness (QED) is 0.765. The Labute approximate surface area is 155 Å². The third kappa shape index (κ3) is 4.43. The van der Waals surface area contributed by atoms with Crippen molar-refractivity contribution in [3.05, 3.63) is 59.9 Å². The molecule has 1 aromatic heterocycles.